The number of anilines is 1. The molecule has 0 N–H and O–H groups in total. The maximum Gasteiger partial charge on any atom is 0.266 e. The first-order valence-corrected chi connectivity index (χ1v) is 11.8. The van der Waals surface area contributed by atoms with Crippen LogP contribution in [0.2, 0.25) is 5.02 Å². The molecule has 33 heavy (non-hydrogen) atoms. The lowest BCUT2D eigenvalue weighted by atomic mass is 10.1. The second-order valence-corrected chi connectivity index (χ2v) is 9.15. The van der Waals surface area contributed by atoms with Gasteiger partial charge in [0, 0.05) is 18.7 Å². The van der Waals surface area contributed by atoms with E-state index >= 15 is 0 Å². The van der Waals surface area contributed by atoms with Gasteiger partial charge < -0.3 is 14.2 Å². The summed E-state index contributed by atoms with van der Waals surface area (Å²) in [5.74, 6) is 0.902. The van der Waals surface area contributed by atoms with E-state index in [2.05, 4.69) is 5.16 Å². The minimum Gasteiger partial charge on any atom is -0.492 e. The van der Waals surface area contributed by atoms with Gasteiger partial charge in [-0.05, 0) is 46.1 Å². The number of ether oxygens (including phenoxy) is 1. The molecule has 172 valence electrons. The predicted molar refractivity (Wildman–Crippen MR) is 133 cm³/mol. The third kappa shape index (κ3) is 4.73. The molecular weight excluding hydrogens is 460 g/mol. The van der Waals surface area contributed by atoms with Crippen LogP contribution in [0.5, 0.6) is 5.75 Å². The van der Waals surface area contributed by atoms with Crippen molar-refractivity contribution in [3.8, 4) is 17.0 Å². The Hall–Kier alpha value is -2.94. The number of benzene rings is 2. The monoisotopic (exact) mass is 484 g/mol. The van der Waals surface area contributed by atoms with Gasteiger partial charge in [0.25, 0.3) is 5.91 Å². The molecule has 0 bridgehead atoms. The lowest BCUT2D eigenvalue weighted by Gasteiger charge is -2.22. The van der Waals surface area contributed by atoms with E-state index < -0.39 is 0 Å². The SMILES string of the molecule is CCOc1cccc2sc(N(CCN(C)C)C(=O)c3c(-c4ccccc4Cl)noc3C)nc12. The number of para-hydroxylation sites is 1. The number of rotatable bonds is 8. The van der Waals surface area contributed by atoms with Gasteiger partial charge in [-0.25, -0.2) is 4.98 Å². The fraction of sp³-hybridized carbons (Fsp3) is 0.292. The van der Waals surface area contributed by atoms with Gasteiger partial charge in [-0.3, -0.25) is 9.69 Å². The molecular formula is C24H25ClN4O3S. The van der Waals surface area contributed by atoms with Crippen LogP contribution in [0.25, 0.3) is 21.5 Å². The number of likely N-dealkylation sites (N-methyl/N-ethyl adjacent to an activating group) is 1. The van der Waals surface area contributed by atoms with Crippen molar-refractivity contribution < 1.29 is 14.1 Å². The van der Waals surface area contributed by atoms with Gasteiger partial charge in [0.05, 0.1) is 16.3 Å². The lowest BCUT2D eigenvalue weighted by molar-refractivity contribution is 0.0984. The highest BCUT2D eigenvalue weighted by molar-refractivity contribution is 7.22. The molecule has 2 aromatic carbocycles. The Morgan fingerprint density at radius 3 is 2.67 bits per heavy atom. The van der Waals surface area contributed by atoms with E-state index in [1.54, 1.807) is 17.9 Å². The van der Waals surface area contributed by atoms with E-state index in [-0.39, 0.29) is 5.91 Å². The largest absolute Gasteiger partial charge is 0.492 e. The number of aromatic nitrogens is 2. The Labute approximate surface area is 201 Å². The molecule has 2 aromatic heterocycles. The number of carbonyl (C=O) groups excluding carboxylic acids is 1. The average molecular weight is 485 g/mol. The maximum absolute atomic E-state index is 13.9. The summed E-state index contributed by atoms with van der Waals surface area (Å²) >= 11 is 7.86. The average Bonchev–Trinajstić information content (AvgIpc) is 3.38. The molecule has 0 aliphatic rings. The molecule has 0 aliphatic heterocycles. The number of thiazole rings is 1. The summed E-state index contributed by atoms with van der Waals surface area (Å²) in [6, 6.07) is 13.1. The van der Waals surface area contributed by atoms with Crippen molar-refractivity contribution in [1.82, 2.24) is 15.0 Å². The van der Waals surface area contributed by atoms with Crippen LogP contribution in [0.1, 0.15) is 23.0 Å². The zero-order chi connectivity index (χ0) is 23.5. The first-order valence-electron chi connectivity index (χ1n) is 10.6. The van der Waals surface area contributed by atoms with Gasteiger partial charge >= 0.3 is 0 Å². The van der Waals surface area contributed by atoms with Gasteiger partial charge in [-0.2, -0.15) is 0 Å². The number of nitrogens with zero attached hydrogens (tertiary/aromatic N) is 4. The Morgan fingerprint density at radius 2 is 1.94 bits per heavy atom. The molecule has 0 radical (unpaired) electrons. The number of hydrogen-bond acceptors (Lipinski definition) is 7. The molecule has 0 fully saturated rings. The van der Waals surface area contributed by atoms with E-state index in [4.69, 9.17) is 25.8 Å². The number of amides is 1. The summed E-state index contributed by atoms with van der Waals surface area (Å²) in [5, 5.41) is 5.26. The summed E-state index contributed by atoms with van der Waals surface area (Å²) in [4.78, 5) is 22.4. The Balaban J connectivity index is 1.80. The number of hydrogen-bond donors (Lipinski definition) is 0. The molecule has 0 saturated heterocycles. The van der Waals surface area contributed by atoms with Crippen molar-refractivity contribution in [2.24, 2.45) is 0 Å². The van der Waals surface area contributed by atoms with Crippen molar-refractivity contribution in [3.63, 3.8) is 0 Å². The van der Waals surface area contributed by atoms with E-state index in [0.29, 0.717) is 58.2 Å². The van der Waals surface area contributed by atoms with Crippen LogP contribution in [0, 0.1) is 6.92 Å². The standard InChI is InChI=1S/C24H25ClN4O3S/c1-5-31-18-11-8-12-19-22(18)26-24(33-19)29(14-13-28(3)4)23(30)20-15(2)32-27-21(20)16-9-6-7-10-17(16)25/h6-12H,5,13-14H2,1-4H3. The Morgan fingerprint density at radius 1 is 1.15 bits per heavy atom. The van der Waals surface area contributed by atoms with Crippen LogP contribution in [0.15, 0.2) is 47.0 Å². The van der Waals surface area contributed by atoms with Crippen molar-refractivity contribution in [2.75, 3.05) is 38.7 Å². The van der Waals surface area contributed by atoms with Crippen molar-refractivity contribution in [2.45, 2.75) is 13.8 Å². The van der Waals surface area contributed by atoms with Crippen LogP contribution in [0.3, 0.4) is 0 Å². The fourth-order valence-electron chi connectivity index (χ4n) is 3.48. The summed E-state index contributed by atoms with van der Waals surface area (Å²) in [5.41, 5.74) is 2.20. The molecule has 0 spiro atoms. The molecule has 1 amide bonds. The topological polar surface area (TPSA) is 71.7 Å². The molecule has 7 nitrogen and oxygen atoms in total. The summed E-state index contributed by atoms with van der Waals surface area (Å²) < 4.78 is 12.1. The molecule has 4 aromatic rings. The Kier molecular flexibility index (Phi) is 6.97. The van der Waals surface area contributed by atoms with Crippen molar-refractivity contribution in [3.05, 3.63) is 58.8 Å². The van der Waals surface area contributed by atoms with E-state index in [1.807, 2.05) is 62.3 Å². The minimum absolute atomic E-state index is 0.234. The molecule has 0 unspecified atom stereocenters. The second-order valence-electron chi connectivity index (χ2n) is 7.73. The first kappa shape index (κ1) is 23.2. The molecule has 0 aliphatic carbocycles. The number of aryl methyl sites for hydroxylation is 1. The first-order chi connectivity index (χ1) is 15.9. The third-order valence-corrected chi connectivity index (χ3v) is 6.50. The van der Waals surface area contributed by atoms with Crippen molar-refractivity contribution in [1.29, 1.82) is 0 Å². The predicted octanol–water partition coefficient (Wildman–Crippen LogP) is 5.52. The zero-order valence-corrected chi connectivity index (χ0v) is 20.5. The molecule has 9 heteroatoms. The van der Waals surface area contributed by atoms with Crippen LogP contribution >= 0.6 is 22.9 Å². The van der Waals surface area contributed by atoms with Crippen molar-refractivity contribution >= 4 is 44.2 Å². The smallest absolute Gasteiger partial charge is 0.266 e. The van der Waals surface area contributed by atoms with Crippen LogP contribution in [0.4, 0.5) is 5.13 Å². The highest BCUT2D eigenvalue weighted by atomic mass is 35.5. The number of halogens is 1. The van der Waals surface area contributed by atoms with E-state index in [1.165, 1.54) is 11.3 Å². The minimum atomic E-state index is -0.234. The van der Waals surface area contributed by atoms with Gasteiger partial charge in [-0.15, -0.1) is 0 Å². The zero-order valence-electron chi connectivity index (χ0n) is 19.0. The Bertz CT molecular complexity index is 1280. The molecule has 4 rings (SSSR count). The highest BCUT2D eigenvalue weighted by Crippen LogP contribution is 2.37. The maximum atomic E-state index is 13.9. The molecule has 0 atom stereocenters. The second kappa shape index (κ2) is 9.91. The van der Waals surface area contributed by atoms with Gasteiger partial charge in [-0.1, -0.05) is 52.4 Å². The van der Waals surface area contributed by atoms with Gasteiger partial charge in [0.1, 0.15) is 28.3 Å². The van der Waals surface area contributed by atoms with E-state index in [9.17, 15) is 4.79 Å². The quantitative estimate of drug-likeness (QED) is 0.328. The fourth-order valence-corrected chi connectivity index (χ4v) is 4.71. The summed E-state index contributed by atoms with van der Waals surface area (Å²) in [6.45, 7) is 5.31. The van der Waals surface area contributed by atoms with Crippen LogP contribution in [-0.4, -0.2) is 54.7 Å². The summed E-state index contributed by atoms with van der Waals surface area (Å²) in [7, 11) is 3.93. The molecule has 0 saturated carbocycles. The number of carbonyl (C=O) groups is 1. The van der Waals surface area contributed by atoms with Crippen LogP contribution < -0.4 is 9.64 Å². The lowest BCUT2D eigenvalue weighted by Crippen LogP contribution is -2.37. The molecule has 2 heterocycles. The highest BCUT2D eigenvalue weighted by Gasteiger charge is 2.30. The van der Waals surface area contributed by atoms with Gasteiger partial charge in [0.2, 0.25) is 0 Å². The van der Waals surface area contributed by atoms with Crippen LogP contribution in [-0.2, 0) is 0 Å². The summed E-state index contributed by atoms with van der Waals surface area (Å²) in [6.07, 6.45) is 0. The van der Waals surface area contributed by atoms with E-state index in [0.717, 1.165) is 10.2 Å². The third-order valence-electron chi connectivity index (χ3n) is 5.12. The number of fused-ring (bicyclic) bond motifs is 1. The normalized spacial score (nSPS) is 11.3. The van der Waals surface area contributed by atoms with Gasteiger partial charge in [0.15, 0.2) is 5.13 Å².